The zero-order valence-corrected chi connectivity index (χ0v) is 74.2. The van der Waals surface area contributed by atoms with Gasteiger partial charge in [0.1, 0.15) is 92.6 Å². The smallest absolute Gasteiger partial charge is 0.463 e. The number of carbonyl (C=O) groups excluding carboxylic acids is 4. The highest BCUT2D eigenvalue weighted by Gasteiger charge is 2.60. The molecule has 3 aliphatic rings. The molecule has 0 amide bonds. The standard InChI is InChI=1S/C91H167O25P/c1-7-11-15-19-23-25-27-29-31-33-35-45-53-61-74(93)107-66-71(110-76(95)63-55-47-36-34-32-30-28-26-24-20-16-12-8-2)67-109-117(105,106)116-89-87(114-90-84(103)80(99)78(97)72(65-92)111-90)83(102)82(101)86(113-77(96)64-56-48-40-38-44-52-60-70(6)58-50-42-22-18-14-10-4)88(89)115-91-85(104)81(100)79(98)73(112-91)68-108-75(94)62-54-46-39-37-43-51-59-69(5)57-49-41-21-17-13-9-3/h29-32,69-73,78-92,97-104H,7-28,33-68H2,1-6H3,(H,105,106)/b31-29-,32-30-. The number of carbonyl (C=O) groups is 4. The van der Waals surface area contributed by atoms with Gasteiger partial charge in [-0.1, -0.05) is 310 Å². The molecule has 2 heterocycles. The number of rotatable bonds is 74. The first-order chi connectivity index (χ1) is 56.5. The molecule has 0 aromatic rings. The van der Waals surface area contributed by atoms with Gasteiger partial charge < -0.3 is 88.7 Å². The molecule has 117 heavy (non-hydrogen) atoms. The van der Waals surface area contributed by atoms with Crippen molar-refractivity contribution in [2.75, 3.05) is 26.4 Å². The van der Waals surface area contributed by atoms with E-state index in [1.165, 1.54) is 161 Å². The number of hydrogen-bond acceptors (Lipinski definition) is 24. The molecule has 25 nitrogen and oxygen atoms in total. The Morgan fingerprint density at radius 2 is 0.692 bits per heavy atom. The van der Waals surface area contributed by atoms with Crippen molar-refractivity contribution in [2.45, 2.75) is 492 Å². The van der Waals surface area contributed by atoms with Crippen LogP contribution in [0.25, 0.3) is 0 Å². The quantitative estimate of drug-likeness (QED) is 0.00889. The van der Waals surface area contributed by atoms with E-state index < -0.39 is 162 Å². The first kappa shape index (κ1) is 108. The summed E-state index contributed by atoms with van der Waals surface area (Å²) >= 11 is 0. The fraction of sp³-hybridized carbons (Fsp3) is 0.912. The molecule has 0 bridgehead atoms. The Labute approximate surface area is 704 Å². The highest BCUT2D eigenvalue weighted by molar-refractivity contribution is 7.47. The predicted molar refractivity (Wildman–Crippen MR) is 453 cm³/mol. The molecule has 2 saturated heterocycles. The molecule has 3 fully saturated rings. The van der Waals surface area contributed by atoms with Gasteiger partial charge in [-0.05, 0) is 88.9 Å². The highest BCUT2D eigenvalue weighted by Crippen LogP contribution is 2.49. The maximum absolute atomic E-state index is 14.9. The van der Waals surface area contributed by atoms with Gasteiger partial charge >= 0.3 is 31.7 Å². The molecule has 0 aromatic carbocycles. The first-order valence-electron chi connectivity index (χ1n) is 46.9. The fourth-order valence-corrected chi connectivity index (χ4v) is 16.5. The zero-order chi connectivity index (χ0) is 85.7. The zero-order valence-electron chi connectivity index (χ0n) is 73.3. The lowest BCUT2D eigenvalue weighted by molar-refractivity contribution is -0.360. The van der Waals surface area contributed by atoms with Crippen LogP contribution in [-0.4, -0.2) is 205 Å². The lowest BCUT2D eigenvalue weighted by Crippen LogP contribution is -2.70. The van der Waals surface area contributed by atoms with E-state index in [-0.39, 0.29) is 25.7 Å². The van der Waals surface area contributed by atoms with Crippen molar-refractivity contribution in [3.05, 3.63) is 24.3 Å². The summed E-state index contributed by atoms with van der Waals surface area (Å²) in [5.41, 5.74) is 0. The summed E-state index contributed by atoms with van der Waals surface area (Å²) in [6.07, 6.45) is 24.9. The van der Waals surface area contributed by atoms with Crippen LogP contribution >= 0.6 is 7.82 Å². The first-order valence-corrected chi connectivity index (χ1v) is 48.3. The van der Waals surface area contributed by atoms with Crippen LogP contribution in [0.15, 0.2) is 24.3 Å². The van der Waals surface area contributed by atoms with E-state index in [4.69, 9.17) is 46.9 Å². The number of phosphoric acid groups is 1. The molecular formula is C91H167O25P. The SMILES string of the molecule is CCCCCCCC/C=C\CCCCCC(=O)OCC(COP(=O)(O)OC1C(OC2OC(CO)C(O)C(O)C2O)C(O)C(O)C(OC(=O)CCCCCCCCC(C)CCCCCCCC)C1OC1OC(COC(=O)CCCCCCCCC(C)CCCCCCCC)C(O)C(O)C1O)OC(=O)CCCCC/C=C\CCCCCCCC. The fourth-order valence-electron chi connectivity index (χ4n) is 15.6. The van der Waals surface area contributed by atoms with Crippen LogP contribution in [0.4, 0.5) is 0 Å². The highest BCUT2D eigenvalue weighted by atomic mass is 31.2. The van der Waals surface area contributed by atoms with Crippen molar-refractivity contribution in [3.8, 4) is 0 Å². The predicted octanol–water partition coefficient (Wildman–Crippen LogP) is 17.0. The van der Waals surface area contributed by atoms with Gasteiger partial charge in [0.15, 0.2) is 24.8 Å². The second kappa shape index (κ2) is 68.3. The van der Waals surface area contributed by atoms with E-state index in [2.05, 4.69) is 65.8 Å². The lowest BCUT2D eigenvalue weighted by Gasteiger charge is -2.50. The molecule has 20 unspecified atom stereocenters. The van der Waals surface area contributed by atoms with E-state index in [1.807, 2.05) is 0 Å². The third-order valence-electron chi connectivity index (χ3n) is 23.2. The minimum atomic E-state index is -5.82. The molecule has 1 aliphatic carbocycles. The van der Waals surface area contributed by atoms with Crippen molar-refractivity contribution in [1.82, 2.24) is 0 Å². The Morgan fingerprint density at radius 1 is 0.359 bits per heavy atom. The summed E-state index contributed by atoms with van der Waals surface area (Å²) in [5, 5.41) is 102. The average Bonchev–Trinajstić information content (AvgIpc) is 0.753. The molecule has 2 aliphatic heterocycles. The van der Waals surface area contributed by atoms with Gasteiger partial charge in [-0.25, -0.2) is 4.57 Å². The minimum Gasteiger partial charge on any atom is -0.463 e. The maximum Gasteiger partial charge on any atom is 0.472 e. The molecule has 1 saturated carbocycles. The molecule has 3 rings (SSSR count). The monoisotopic (exact) mass is 1690 g/mol. The van der Waals surface area contributed by atoms with Crippen LogP contribution in [-0.2, 0) is 70.7 Å². The van der Waals surface area contributed by atoms with Crippen LogP contribution in [0.5, 0.6) is 0 Å². The van der Waals surface area contributed by atoms with E-state index >= 15 is 0 Å². The van der Waals surface area contributed by atoms with Crippen LogP contribution in [0.1, 0.15) is 388 Å². The van der Waals surface area contributed by atoms with E-state index in [0.29, 0.717) is 50.4 Å². The molecule has 686 valence electrons. The molecule has 10 N–H and O–H groups in total. The largest absolute Gasteiger partial charge is 0.472 e. The van der Waals surface area contributed by atoms with Gasteiger partial charge in [0, 0.05) is 25.7 Å². The van der Waals surface area contributed by atoms with Crippen LogP contribution < -0.4 is 0 Å². The van der Waals surface area contributed by atoms with Crippen LogP contribution in [0.3, 0.4) is 0 Å². The van der Waals surface area contributed by atoms with E-state index in [9.17, 15) is 74.6 Å². The van der Waals surface area contributed by atoms with E-state index in [0.717, 1.165) is 122 Å². The van der Waals surface area contributed by atoms with Crippen molar-refractivity contribution in [2.24, 2.45) is 11.8 Å². The van der Waals surface area contributed by atoms with Gasteiger partial charge in [0.25, 0.3) is 0 Å². The van der Waals surface area contributed by atoms with Gasteiger partial charge in [0.2, 0.25) is 0 Å². The summed E-state index contributed by atoms with van der Waals surface area (Å²) in [7, 11) is -5.82. The summed E-state index contributed by atoms with van der Waals surface area (Å²) in [6.45, 7) is 10.2. The number of unbranched alkanes of at least 4 members (excludes halogenated alkanes) is 38. The second-order valence-corrected chi connectivity index (χ2v) is 35.5. The van der Waals surface area contributed by atoms with Gasteiger partial charge in [-0.3, -0.25) is 28.2 Å². The third-order valence-corrected chi connectivity index (χ3v) is 24.2. The molecule has 26 heteroatoms. The van der Waals surface area contributed by atoms with E-state index in [1.54, 1.807) is 0 Å². The van der Waals surface area contributed by atoms with Crippen molar-refractivity contribution < 1.29 is 122 Å². The topological polar surface area (TPSA) is 380 Å². The number of aliphatic hydroxyl groups is 9. The van der Waals surface area contributed by atoms with Gasteiger partial charge in [-0.2, -0.15) is 0 Å². The maximum atomic E-state index is 14.9. The van der Waals surface area contributed by atoms with Crippen molar-refractivity contribution in [3.63, 3.8) is 0 Å². The van der Waals surface area contributed by atoms with Crippen molar-refractivity contribution in [1.29, 1.82) is 0 Å². The number of allylic oxidation sites excluding steroid dienone is 4. The molecule has 0 radical (unpaired) electrons. The van der Waals surface area contributed by atoms with Crippen LogP contribution in [0.2, 0.25) is 0 Å². The Hall–Kier alpha value is -3.05. The number of hydrogen-bond donors (Lipinski definition) is 10. The average molecular weight is 1690 g/mol. The Kier molecular flexibility index (Phi) is 63.1. The number of ether oxygens (including phenoxy) is 8. The van der Waals surface area contributed by atoms with Gasteiger partial charge in [0.05, 0.1) is 13.2 Å². The minimum absolute atomic E-state index is 0.0101. The molecule has 20 atom stereocenters. The number of phosphoric ester groups is 1. The summed E-state index contributed by atoms with van der Waals surface area (Å²) < 4.78 is 73.4. The Morgan fingerprint density at radius 3 is 1.11 bits per heavy atom. The Bertz CT molecular complexity index is 2570. The summed E-state index contributed by atoms with van der Waals surface area (Å²) in [4.78, 5) is 66.5. The molecule has 0 spiro atoms. The third kappa shape index (κ3) is 49.3. The lowest BCUT2D eigenvalue weighted by atomic mass is 9.84. The van der Waals surface area contributed by atoms with Crippen molar-refractivity contribution >= 4 is 31.7 Å². The normalized spacial score (nSPS) is 25.7. The molecular weight excluding hydrogens is 1520 g/mol. The summed E-state index contributed by atoms with van der Waals surface area (Å²) in [5.74, 6) is -1.70. The van der Waals surface area contributed by atoms with Gasteiger partial charge in [-0.15, -0.1) is 0 Å². The number of aliphatic hydroxyl groups excluding tert-OH is 9. The number of esters is 4. The molecule has 0 aromatic heterocycles. The Balaban J connectivity index is 1.94. The summed E-state index contributed by atoms with van der Waals surface area (Å²) in [6, 6.07) is 0. The van der Waals surface area contributed by atoms with Crippen LogP contribution in [0, 0.1) is 11.8 Å². The second-order valence-electron chi connectivity index (χ2n) is 34.1.